The number of aliphatic hydroxyl groups is 1. The van der Waals surface area contributed by atoms with Gasteiger partial charge in [0.1, 0.15) is 6.04 Å². The average molecular weight is 385 g/mol. The second kappa shape index (κ2) is 7.93. The van der Waals surface area contributed by atoms with E-state index in [-0.39, 0.29) is 18.5 Å². The molecule has 0 aromatic carbocycles. The molecule has 3 rings (SSSR count). The van der Waals surface area contributed by atoms with Crippen LogP contribution in [-0.2, 0) is 16.0 Å². The Balaban J connectivity index is 1.97. The van der Waals surface area contributed by atoms with Crippen LogP contribution in [-0.4, -0.2) is 57.7 Å². The summed E-state index contributed by atoms with van der Waals surface area (Å²) >= 11 is 0. The molecule has 2 aromatic rings. The molecule has 2 aromatic heterocycles. The fourth-order valence-corrected chi connectivity index (χ4v) is 3.50. The third kappa shape index (κ3) is 3.68. The molecule has 1 saturated heterocycles. The number of aromatic amines is 1. The highest BCUT2D eigenvalue weighted by molar-refractivity contribution is 5.98. The number of carbonyl (C=O) groups is 2. The number of aromatic nitrogens is 2. The van der Waals surface area contributed by atoms with Crippen LogP contribution in [0, 0.1) is 6.92 Å². The Morgan fingerprint density at radius 1 is 1.36 bits per heavy atom. The van der Waals surface area contributed by atoms with E-state index in [4.69, 9.17) is 4.74 Å². The SMILES string of the molecule is CCc1cc(-c2cncc(C(=O)N3CC(O)CC3C(=O)OC)c2)c(C)[nH]c1=O. The van der Waals surface area contributed by atoms with Crippen LogP contribution in [0.3, 0.4) is 0 Å². The molecule has 2 unspecified atom stereocenters. The first-order valence-electron chi connectivity index (χ1n) is 9.10. The topological polar surface area (TPSA) is 113 Å². The maximum Gasteiger partial charge on any atom is 0.328 e. The lowest BCUT2D eigenvalue weighted by Gasteiger charge is -2.22. The van der Waals surface area contributed by atoms with Gasteiger partial charge >= 0.3 is 5.97 Å². The molecule has 2 atom stereocenters. The molecule has 3 heterocycles. The van der Waals surface area contributed by atoms with Gasteiger partial charge < -0.3 is 19.7 Å². The monoisotopic (exact) mass is 385 g/mol. The van der Waals surface area contributed by atoms with Gasteiger partial charge in [-0.15, -0.1) is 0 Å². The summed E-state index contributed by atoms with van der Waals surface area (Å²) in [5.74, 6) is -0.961. The Hall–Kier alpha value is -3.00. The summed E-state index contributed by atoms with van der Waals surface area (Å²) in [5, 5.41) is 9.91. The summed E-state index contributed by atoms with van der Waals surface area (Å²) in [4.78, 5) is 45.2. The first-order valence-corrected chi connectivity index (χ1v) is 9.10. The van der Waals surface area contributed by atoms with E-state index in [2.05, 4.69) is 9.97 Å². The zero-order chi connectivity index (χ0) is 20.4. The molecule has 1 aliphatic rings. The van der Waals surface area contributed by atoms with Gasteiger partial charge in [0.25, 0.3) is 11.5 Å². The molecule has 2 N–H and O–H groups in total. The van der Waals surface area contributed by atoms with Crippen LogP contribution in [0.1, 0.15) is 35.0 Å². The van der Waals surface area contributed by atoms with Crippen LogP contribution in [0.2, 0.25) is 0 Å². The van der Waals surface area contributed by atoms with Gasteiger partial charge in [-0.1, -0.05) is 6.92 Å². The Bertz CT molecular complexity index is 969. The highest BCUT2D eigenvalue weighted by Gasteiger charge is 2.40. The van der Waals surface area contributed by atoms with Crippen LogP contribution in [0.4, 0.5) is 0 Å². The van der Waals surface area contributed by atoms with Crippen LogP contribution < -0.4 is 5.56 Å². The minimum atomic E-state index is -0.822. The second-order valence-corrected chi connectivity index (χ2v) is 6.86. The van der Waals surface area contributed by atoms with Crippen molar-refractivity contribution in [2.45, 2.75) is 38.8 Å². The van der Waals surface area contributed by atoms with Crippen LogP contribution in [0.15, 0.2) is 29.3 Å². The number of hydrogen-bond donors (Lipinski definition) is 2. The highest BCUT2D eigenvalue weighted by Crippen LogP contribution is 2.25. The Labute approximate surface area is 162 Å². The fraction of sp³-hybridized carbons (Fsp3) is 0.400. The third-order valence-electron chi connectivity index (χ3n) is 5.01. The number of pyridine rings is 2. The van der Waals surface area contributed by atoms with E-state index >= 15 is 0 Å². The van der Waals surface area contributed by atoms with Crippen molar-refractivity contribution in [3.8, 4) is 11.1 Å². The van der Waals surface area contributed by atoms with Gasteiger partial charge in [-0.25, -0.2) is 4.79 Å². The van der Waals surface area contributed by atoms with E-state index in [0.29, 0.717) is 28.8 Å². The molecule has 0 bridgehead atoms. The number of β-amino-alcohol motifs (C(OH)–C–C–N with tert-alkyl or cyclic N) is 1. The fourth-order valence-electron chi connectivity index (χ4n) is 3.50. The molecule has 1 aliphatic heterocycles. The number of methoxy groups -OCH3 is 1. The minimum absolute atomic E-state index is 0.0560. The summed E-state index contributed by atoms with van der Waals surface area (Å²) in [6.45, 7) is 3.74. The number of carbonyl (C=O) groups excluding carboxylic acids is 2. The first kappa shape index (κ1) is 19.8. The number of aliphatic hydroxyl groups excluding tert-OH is 1. The first-order chi connectivity index (χ1) is 13.3. The molecule has 148 valence electrons. The summed E-state index contributed by atoms with van der Waals surface area (Å²) in [7, 11) is 1.25. The highest BCUT2D eigenvalue weighted by atomic mass is 16.5. The molecule has 0 saturated carbocycles. The van der Waals surface area contributed by atoms with Crippen LogP contribution in [0.25, 0.3) is 11.1 Å². The molecule has 1 amide bonds. The molecule has 0 spiro atoms. The van der Waals surface area contributed by atoms with Crippen LogP contribution >= 0.6 is 0 Å². The number of nitrogens with one attached hydrogen (secondary N) is 1. The third-order valence-corrected chi connectivity index (χ3v) is 5.01. The smallest absolute Gasteiger partial charge is 0.328 e. The number of esters is 1. The molecule has 1 fully saturated rings. The van der Waals surface area contributed by atoms with Crippen molar-refractivity contribution in [3.05, 3.63) is 51.7 Å². The molecular formula is C20H23N3O5. The predicted octanol–water partition coefficient (Wildman–Crippen LogP) is 1.06. The second-order valence-electron chi connectivity index (χ2n) is 6.86. The molecule has 8 nitrogen and oxygen atoms in total. The van der Waals surface area contributed by atoms with E-state index in [1.54, 1.807) is 25.3 Å². The normalized spacial score (nSPS) is 18.9. The molecule has 28 heavy (non-hydrogen) atoms. The standard InChI is InChI=1S/C20H23N3O5/c1-4-12-6-16(11(2)22-18(12)25)13-5-14(9-21-8-13)19(26)23-10-15(24)7-17(23)20(27)28-3/h5-6,8-9,15,17,24H,4,7,10H2,1-3H3,(H,22,25). The molecule has 0 aliphatic carbocycles. The van der Waals surface area contributed by atoms with E-state index in [0.717, 1.165) is 5.56 Å². The molecular weight excluding hydrogens is 362 g/mol. The van der Waals surface area contributed by atoms with Crippen molar-refractivity contribution in [1.29, 1.82) is 0 Å². The lowest BCUT2D eigenvalue weighted by atomic mass is 10.0. The number of amides is 1. The van der Waals surface area contributed by atoms with Gasteiger partial charge in [-0.3, -0.25) is 14.6 Å². The van der Waals surface area contributed by atoms with Crippen molar-refractivity contribution in [2.75, 3.05) is 13.7 Å². The van der Waals surface area contributed by atoms with Gasteiger partial charge in [-0.05, 0) is 25.5 Å². The van der Waals surface area contributed by atoms with Crippen molar-refractivity contribution < 1.29 is 19.4 Å². The number of nitrogens with zero attached hydrogens (tertiary/aromatic N) is 2. The minimum Gasteiger partial charge on any atom is -0.467 e. The van der Waals surface area contributed by atoms with E-state index in [1.165, 1.54) is 18.2 Å². The van der Waals surface area contributed by atoms with Gasteiger partial charge in [0.15, 0.2) is 0 Å². The zero-order valence-electron chi connectivity index (χ0n) is 16.1. The number of hydrogen-bond acceptors (Lipinski definition) is 6. The molecule has 0 radical (unpaired) electrons. The summed E-state index contributed by atoms with van der Waals surface area (Å²) in [6, 6.07) is 2.66. The number of rotatable bonds is 4. The Kier molecular flexibility index (Phi) is 5.60. The maximum absolute atomic E-state index is 13.0. The predicted molar refractivity (Wildman–Crippen MR) is 102 cm³/mol. The number of H-pyrrole nitrogens is 1. The quantitative estimate of drug-likeness (QED) is 0.761. The number of aryl methyl sites for hydroxylation is 2. The lowest BCUT2D eigenvalue weighted by Crippen LogP contribution is -2.41. The van der Waals surface area contributed by atoms with Gasteiger partial charge in [0, 0.05) is 47.7 Å². The maximum atomic E-state index is 13.0. The molecule has 8 heteroatoms. The summed E-state index contributed by atoms with van der Waals surface area (Å²) in [6.07, 6.45) is 2.99. The van der Waals surface area contributed by atoms with Crippen LogP contribution in [0.5, 0.6) is 0 Å². The zero-order valence-corrected chi connectivity index (χ0v) is 16.1. The summed E-state index contributed by atoms with van der Waals surface area (Å²) < 4.78 is 4.75. The van der Waals surface area contributed by atoms with Crippen molar-refractivity contribution in [1.82, 2.24) is 14.9 Å². The van der Waals surface area contributed by atoms with Gasteiger partial charge in [0.05, 0.1) is 18.8 Å². The Morgan fingerprint density at radius 3 is 2.79 bits per heavy atom. The van der Waals surface area contributed by atoms with Crippen molar-refractivity contribution in [3.63, 3.8) is 0 Å². The Morgan fingerprint density at radius 2 is 2.11 bits per heavy atom. The van der Waals surface area contributed by atoms with Gasteiger partial charge in [0.2, 0.25) is 0 Å². The average Bonchev–Trinajstić information content (AvgIpc) is 3.08. The van der Waals surface area contributed by atoms with Crippen molar-refractivity contribution >= 4 is 11.9 Å². The largest absolute Gasteiger partial charge is 0.467 e. The number of likely N-dealkylation sites (tertiary alicyclic amines) is 1. The van der Waals surface area contributed by atoms with E-state index < -0.39 is 24.0 Å². The van der Waals surface area contributed by atoms with E-state index in [9.17, 15) is 19.5 Å². The lowest BCUT2D eigenvalue weighted by molar-refractivity contribution is -0.145. The number of ether oxygens (including phenoxy) is 1. The van der Waals surface area contributed by atoms with Gasteiger partial charge in [-0.2, -0.15) is 0 Å². The van der Waals surface area contributed by atoms with E-state index in [1.807, 2.05) is 6.92 Å². The summed E-state index contributed by atoms with van der Waals surface area (Å²) in [5.41, 5.74) is 2.96. The van der Waals surface area contributed by atoms with Crippen molar-refractivity contribution in [2.24, 2.45) is 0 Å².